The third-order valence-corrected chi connectivity index (χ3v) is 4.12. The van der Waals surface area contributed by atoms with Gasteiger partial charge >= 0.3 is 0 Å². The van der Waals surface area contributed by atoms with Crippen molar-refractivity contribution in [2.24, 2.45) is 0 Å². The molecule has 0 aliphatic carbocycles. The van der Waals surface area contributed by atoms with Crippen LogP contribution in [0.25, 0.3) is 0 Å². The summed E-state index contributed by atoms with van der Waals surface area (Å²) in [6, 6.07) is 10.2. The number of carbonyl (C=O) groups is 1. The second-order valence-electron chi connectivity index (χ2n) is 5.88. The quantitative estimate of drug-likeness (QED) is 0.922. The number of likely N-dealkylation sites (tertiary alicyclic amines) is 1. The zero-order valence-electron chi connectivity index (χ0n) is 13.0. The molecule has 0 saturated carbocycles. The summed E-state index contributed by atoms with van der Waals surface area (Å²) in [5.41, 5.74) is 1.22. The van der Waals surface area contributed by atoms with E-state index in [1.165, 1.54) is 5.56 Å². The Labute approximate surface area is 130 Å². The highest BCUT2D eigenvalue weighted by Crippen LogP contribution is 2.25. The molecule has 5 heteroatoms. The predicted octanol–water partition coefficient (Wildman–Crippen LogP) is 2.51. The average Bonchev–Trinajstić information content (AvgIpc) is 2.99. The molecular formula is C17H22N4O. The topological polar surface area (TPSA) is 61.9 Å². The number of aromatic nitrogens is 3. The molecular weight excluding hydrogens is 276 g/mol. The Balaban J connectivity index is 1.67. The standard InChI is InChI=1S/C17H22N4O/c1-2-10-21-12-14(8-9-16(21)22)17-18-15(19-20-17)11-13-6-4-3-5-7-13/h3-7,14H,2,8-12H2,1H3,(H,18,19,20). The lowest BCUT2D eigenvalue weighted by Gasteiger charge is -2.31. The van der Waals surface area contributed by atoms with Gasteiger partial charge in [0, 0.05) is 31.8 Å². The number of rotatable bonds is 5. The Morgan fingerprint density at radius 3 is 2.91 bits per heavy atom. The van der Waals surface area contributed by atoms with Crippen molar-refractivity contribution in [3.63, 3.8) is 0 Å². The van der Waals surface area contributed by atoms with Crippen molar-refractivity contribution in [2.75, 3.05) is 13.1 Å². The number of amides is 1. The Kier molecular flexibility index (Phi) is 4.51. The summed E-state index contributed by atoms with van der Waals surface area (Å²) in [5.74, 6) is 2.25. The molecule has 1 fully saturated rings. The Bertz CT molecular complexity index is 623. The second kappa shape index (κ2) is 6.73. The summed E-state index contributed by atoms with van der Waals surface area (Å²) < 4.78 is 0. The molecule has 1 amide bonds. The summed E-state index contributed by atoms with van der Waals surface area (Å²) in [6.07, 6.45) is 3.21. The van der Waals surface area contributed by atoms with Gasteiger partial charge in [0.25, 0.3) is 0 Å². The molecule has 5 nitrogen and oxygen atoms in total. The zero-order chi connectivity index (χ0) is 15.4. The summed E-state index contributed by atoms with van der Waals surface area (Å²) in [6.45, 7) is 3.67. The van der Waals surface area contributed by atoms with Crippen molar-refractivity contribution in [1.29, 1.82) is 0 Å². The van der Waals surface area contributed by atoms with E-state index >= 15 is 0 Å². The number of H-pyrrole nitrogens is 1. The molecule has 116 valence electrons. The van der Waals surface area contributed by atoms with E-state index in [2.05, 4.69) is 34.2 Å². The molecule has 0 spiro atoms. The van der Waals surface area contributed by atoms with Crippen molar-refractivity contribution in [3.05, 3.63) is 47.5 Å². The first-order chi connectivity index (χ1) is 10.8. The highest BCUT2D eigenvalue weighted by atomic mass is 16.2. The molecule has 1 unspecified atom stereocenters. The van der Waals surface area contributed by atoms with E-state index in [1.807, 2.05) is 23.1 Å². The smallest absolute Gasteiger partial charge is 0.222 e. The minimum absolute atomic E-state index is 0.255. The molecule has 22 heavy (non-hydrogen) atoms. The largest absolute Gasteiger partial charge is 0.342 e. The van der Waals surface area contributed by atoms with Crippen LogP contribution >= 0.6 is 0 Å². The number of carbonyl (C=O) groups excluding carboxylic acids is 1. The van der Waals surface area contributed by atoms with Gasteiger partial charge in [-0.25, -0.2) is 4.98 Å². The van der Waals surface area contributed by atoms with Gasteiger partial charge in [0.1, 0.15) is 5.82 Å². The number of benzene rings is 1. The van der Waals surface area contributed by atoms with Crippen molar-refractivity contribution in [1.82, 2.24) is 20.1 Å². The van der Waals surface area contributed by atoms with Crippen molar-refractivity contribution in [3.8, 4) is 0 Å². The maximum absolute atomic E-state index is 11.9. The number of piperidine rings is 1. The van der Waals surface area contributed by atoms with Gasteiger partial charge in [0.05, 0.1) is 0 Å². The van der Waals surface area contributed by atoms with Crippen LogP contribution in [0.4, 0.5) is 0 Å². The first kappa shape index (κ1) is 14.8. The fourth-order valence-corrected chi connectivity index (χ4v) is 2.97. The van der Waals surface area contributed by atoms with Crippen molar-refractivity contribution >= 4 is 5.91 Å². The van der Waals surface area contributed by atoms with E-state index in [4.69, 9.17) is 0 Å². The van der Waals surface area contributed by atoms with E-state index in [1.54, 1.807) is 0 Å². The summed E-state index contributed by atoms with van der Waals surface area (Å²) >= 11 is 0. The van der Waals surface area contributed by atoms with Crippen LogP contribution in [0.15, 0.2) is 30.3 Å². The van der Waals surface area contributed by atoms with Gasteiger partial charge < -0.3 is 4.90 Å². The molecule has 2 aromatic rings. The summed E-state index contributed by atoms with van der Waals surface area (Å²) in [5, 5.41) is 7.43. The number of nitrogens with one attached hydrogen (secondary N) is 1. The zero-order valence-corrected chi connectivity index (χ0v) is 13.0. The van der Waals surface area contributed by atoms with Crippen LogP contribution in [0, 0.1) is 0 Å². The molecule has 1 aliphatic heterocycles. The van der Waals surface area contributed by atoms with Crippen LogP contribution in [-0.2, 0) is 11.2 Å². The molecule has 1 aliphatic rings. The van der Waals surface area contributed by atoms with Crippen LogP contribution in [-0.4, -0.2) is 39.1 Å². The fourth-order valence-electron chi connectivity index (χ4n) is 2.97. The van der Waals surface area contributed by atoms with Crippen LogP contribution in [0.2, 0.25) is 0 Å². The lowest BCUT2D eigenvalue weighted by molar-refractivity contribution is -0.133. The Morgan fingerprint density at radius 2 is 2.14 bits per heavy atom. The number of aromatic amines is 1. The SMILES string of the molecule is CCCN1CC(c2n[nH]c(Cc3ccccc3)n2)CCC1=O. The summed E-state index contributed by atoms with van der Waals surface area (Å²) in [4.78, 5) is 18.5. The van der Waals surface area contributed by atoms with Crippen LogP contribution in [0.3, 0.4) is 0 Å². The van der Waals surface area contributed by atoms with Gasteiger partial charge in [-0.05, 0) is 18.4 Å². The molecule has 1 aromatic heterocycles. The van der Waals surface area contributed by atoms with Crippen molar-refractivity contribution in [2.45, 2.75) is 38.5 Å². The predicted molar refractivity (Wildman–Crippen MR) is 84.5 cm³/mol. The van der Waals surface area contributed by atoms with Gasteiger partial charge in [-0.3, -0.25) is 9.89 Å². The van der Waals surface area contributed by atoms with Gasteiger partial charge in [-0.2, -0.15) is 5.10 Å². The fraction of sp³-hybridized carbons (Fsp3) is 0.471. The van der Waals surface area contributed by atoms with Crippen LogP contribution < -0.4 is 0 Å². The lowest BCUT2D eigenvalue weighted by Crippen LogP contribution is -2.39. The maximum Gasteiger partial charge on any atom is 0.222 e. The highest BCUT2D eigenvalue weighted by Gasteiger charge is 2.28. The van der Waals surface area contributed by atoms with E-state index in [9.17, 15) is 4.79 Å². The molecule has 1 saturated heterocycles. The number of hydrogen-bond acceptors (Lipinski definition) is 3. The summed E-state index contributed by atoms with van der Waals surface area (Å²) in [7, 11) is 0. The first-order valence-corrected chi connectivity index (χ1v) is 7.99. The van der Waals surface area contributed by atoms with E-state index in [0.717, 1.165) is 44.0 Å². The van der Waals surface area contributed by atoms with Crippen LogP contribution in [0.5, 0.6) is 0 Å². The normalized spacial score (nSPS) is 18.7. The van der Waals surface area contributed by atoms with Gasteiger partial charge in [0.15, 0.2) is 5.82 Å². The average molecular weight is 298 g/mol. The molecule has 1 N–H and O–H groups in total. The second-order valence-corrected chi connectivity index (χ2v) is 5.88. The molecule has 1 atom stereocenters. The highest BCUT2D eigenvalue weighted by molar-refractivity contribution is 5.77. The molecule has 1 aromatic carbocycles. The molecule has 0 radical (unpaired) electrons. The minimum Gasteiger partial charge on any atom is -0.342 e. The monoisotopic (exact) mass is 298 g/mol. The third kappa shape index (κ3) is 3.35. The van der Waals surface area contributed by atoms with E-state index in [-0.39, 0.29) is 11.8 Å². The van der Waals surface area contributed by atoms with Crippen molar-refractivity contribution < 1.29 is 4.79 Å². The lowest BCUT2D eigenvalue weighted by atomic mass is 9.96. The molecule has 3 rings (SSSR count). The van der Waals surface area contributed by atoms with Crippen LogP contribution in [0.1, 0.15) is 49.3 Å². The van der Waals surface area contributed by atoms with Gasteiger partial charge in [0.2, 0.25) is 5.91 Å². The third-order valence-electron chi connectivity index (χ3n) is 4.12. The van der Waals surface area contributed by atoms with Gasteiger partial charge in [-0.1, -0.05) is 37.3 Å². The molecule has 0 bridgehead atoms. The molecule has 2 heterocycles. The Morgan fingerprint density at radius 1 is 1.32 bits per heavy atom. The minimum atomic E-state index is 0.255. The number of hydrogen-bond donors (Lipinski definition) is 1. The van der Waals surface area contributed by atoms with E-state index in [0.29, 0.717) is 6.42 Å². The number of nitrogens with zero attached hydrogens (tertiary/aromatic N) is 3. The maximum atomic E-state index is 11.9. The Hall–Kier alpha value is -2.17. The first-order valence-electron chi connectivity index (χ1n) is 7.99. The van der Waals surface area contributed by atoms with E-state index < -0.39 is 0 Å². The van der Waals surface area contributed by atoms with Gasteiger partial charge in [-0.15, -0.1) is 0 Å².